The summed E-state index contributed by atoms with van der Waals surface area (Å²) in [4.78, 5) is 10.7. The maximum Gasteiger partial charge on any atom is 0.194 e. The third-order valence-corrected chi connectivity index (χ3v) is 3.56. The number of nitrogens with zero attached hydrogens (tertiary/aromatic N) is 4. The maximum atomic E-state index is 5.16. The van der Waals surface area contributed by atoms with Gasteiger partial charge in [-0.05, 0) is 13.8 Å². The third kappa shape index (κ3) is 5.27. The Hall–Kier alpha value is -1.16. The molecule has 21 heavy (non-hydrogen) atoms. The maximum absolute atomic E-state index is 5.16. The Morgan fingerprint density at radius 1 is 1.48 bits per heavy atom. The smallest absolute Gasteiger partial charge is 0.194 e. The van der Waals surface area contributed by atoms with Gasteiger partial charge in [-0.2, -0.15) is 0 Å². The molecule has 6 nitrogen and oxygen atoms in total. The molecule has 2 rings (SSSR count). The van der Waals surface area contributed by atoms with Gasteiger partial charge in [-0.25, -0.2) is 4.98 Å². The number of hydrogen-bond acceptors (Lipinski definition) is 5. The molecule has 0 spiro atoms. The highest BCUT2D eigenvalue weighted by molar-refractivity contribution is 14.0. The number of aromatic nitrogens is 2. The van der Waals surface area contributed by atoms with Gasteiger partial charge in [0.15, 0.2) is 11.7 Å². The van der Waals surface area contributed by atoms with Crippen molar-refractivity contribution in [2.45, 2.75) is 26.9 Å². The summed E-state index contributed by atoms with van der Waals surface area (Å²) in [5, 5.41) is 10.2. The number of guanidine groups is 1. The van der Waals surface area contributed by atoms with Gasteiger partial charge in [0.1, 0.15) is 0 Å². The van der Waals surface area contributed by atoms with Gasteiger partial charge in [-0.3, -0.25) is 4.99 Å². The molecule has 2 aromatic heterocycles. The fourth-order valence-corrected chi connectivity index (χ4v) is 2.45. The van der Waals surface area contributed by atoms with Crippen LogP contribution in [-0.4, -0.2) is 35.1 Å². The van der Waals surface area contributed by atoms with E-state index in [9.17, 15) is 0 Å². The molecular weight excluding hydrogens is 401 g/mol. The summed E-state index contributed by atoms with van der Waals surface area (Å²) in [7, 11) is 3.74. The second kappa shape index (κ2) is 8.32. The summed E-state index contributed by atoms with van der Waals surface area (Å²) in [5.74, 6) is 1.59. The first kappa shape index (κ1) is 17.9. The monoisotopic (exact) mass is 421 g/mol. The Morgan fingerprint density at radius 2 is 2.24 bits per heavy atom. The van der Waals surface area contributed by atoms with E-state index in [4.69, 9.17) is 4.52 Å². The average molecular weight is 421 g/mol. The van der Waals surface area contributed by atoms with E-state index in [2.05, 4.69) is 25.8 Å². The minimum atomic E-state index is 0. The van der Waals surface area contributed by atoms with Crippen LogP contribution in [0.4, 0.5) is 0 Å². The zero-order chi connectivity index (χ0) is 14.5. The molecule has 0 aliphatic carbocycles. The lowest BCUT2D eigenvalue weighted by atomic mass is 10.4. The van der Waals surface area contributed by atoms with Crippen molar-refractivity contribution >= 4 is 41.3 Å². The van der Waals surface area contributed by atoms with Crippen LogP contribution in [0.15, 0.2) is 21.0 Å². The first-order valence-electron chi connectivity index (χ1n) is 6.33. The standard InChI is InChI=1S/C13H19N5OS.HI/c1-9-5-12(19-17-9)6-15-13(14-3)18(4)7-11-8-20-10(2)16-11;/h5,8H,6-7H2,1-4H3,(H,14,15);1H. The van der Waals surface area contributed by atoms with E-state index in [0.29, 0.717) is 6.54 Å². The number of aryl methyl sites for hydroxylation is 2. The quantitative estimate of drug-likeness (QED) is 0.467. The van der Waals surface area contributed by atoms with Crippen molar-refractivity contribution in [1.29, 1.82) is 0 Å². The van der Waals surface area contributed by atoms with Crippen LogP contribution in [0, 0.1) is 13.8 Å². The molecule has 0 unspecified atom stereocenters. The molecule has 116 valence electrons. The molecule has 1 N–H and O–H groups in total. The number of hydrogen-bond donors (Lipinski definition) is 1. The fraction of sp³-hybridized carbons (Fsp3) is 0.462. The summed E-state index contributed by atoms with van der Waals surface area (Å²) in [5.41, 5.74) is 1.93. The van der Waals surface area contributed by atoms with Crippen LogP contribution in [-0.2, 0) is 13.1 Å². The van der Waals surface area contributed by atoms with Crippen molar-refractivity contribution in [3.63, 3.8) is 0 Å². The van der Waals surface area contributed by atoms with Gasteiger partial charge >= 0.3 is 0 Å². The topological polar surface area (TPSA) is 66.6 Å². The fourth-order valence-electron chi connectivity index (χ4n) is 1.85. The van der Waals surface area contributed by atoms with Crippen molar-refractivity contribution < 1.29 is 4.52 Å². The van der Waals surface area contributed by atoms with E-state index in [0.717, 1.165) is 34.7 Å². The summed E-state index contributed by atoms with van der Waals surface area (Å²) in [6.45, 7) is 5.19. The van der Waals surface area contributed by atoms with Crippen LogP contribution < -0.4 is 5.32 Å². The highest BCUT2D eigenvalue weighted by atomic mass is 127. The summed E-state index contributed by atoms with van der Waals surface area (Å²) >= 11 is 1.66. The van der Waals surface area contributed by atoms with Gasteiger partial charge in [0.2, 0.25) is 0 Å². The zero-order valence-corrected chi connectivity index (χ0v) is 15.7. The molecule has 2 heterocycles. The van der Waals surface area contributed by atoms with Gasteiger partial charge in [0, 0.05) is 25.5 Å². The van der Waals surface area contributed by atoms with E-state index < -0.39 is 0 Å². The minimum absolute atomic E-state index is 0. The lowest BCUT2D eigenvalue weighted by Crippen LogP contribution is -2.38. The number of halogens is 1. The lowest BCUT2D eigenvalue weighted by Gasteiger charge is -2.20. The predicted octanol–water partition coefficient (Wildman–Crippen LogP) is 2.57. The van der Waals surface area contributed by atoms with E-state index in [1.807, 2.05) is 31.9 Å². The molecule has 0 aliphatic rings. The van der Waals surface area contributed by atoms with Crippen LogP contribution in [0.1, 0.15) is 22.2 Å². The Labute approximate surface area is 145 Å². The van der Waals surface area contributed by atoms with Gasteiger partial charge in [-0.15, -0.1) is 35.3 Å². The molecule has 0 bridgehead atoms. The number of aliphatic imine (C=N–C) groups is 1. The SMILES string of the molecule is CN=C(NCc1cc(C)no1)N(C)Cc1csc(C)n1.I. The van der Waals surface area contributed by atoms with E-state index >= 15 is 0 Å². The molecule has 8 heteroatoms. The molecular formula is C13H20IN5OS. The Balaban J connectivity index is 0.00000220. The molecule has 0 radical (unpaired) electrons. The highest BCUT2D eigenvalue weighted by Crippen LogP contribution is 2.10. The number of nitrogens with one attached hydrogen (secondary N) is 1. The van der Waals surface area contributed by atoms with E-state index in [1.165, 1.54) is 0 Å². The molecule has 2 aromatic rings. The molecule has 0 fully saturated rings. The molecule has 0 saturated heterocycles. The number of thiazole rings is 1. The molecule has 0 saturated carbocycles. The van der Waals surface area contributed by atoms with Gasteiger partial charge in [0.25, 0.3) is 0 Å². The molecule has 0 aliphatic heterocycles. The van der Waals surface area contributed by atoms with Crippen LogP contribution in [0.3, 0.4) is 0 Å². The Morgan fingerprint density at radius 3 is 2.76 bits per heavy atom. The predicted molar refractivity (Wildman–Crippen MR) is 95.2 cm³/mol. The largest absolute Gasteiger partial charge is 0.359 e. The van der Waals surface area contributed by atoms with Gasteiger partial charge < -0.3 is 14.7 Å². The van der Waals surface area contributed by atoms with Crippen molar-refractivity contribution in [2.75, 3.05) is 14.1 Å². The van der Waals surface area contributed by atoms with Crippen molar-refractivity contribution in [1.82, 2.24) is 20.4 Å². The normalized spacial score (nSPS) is 11.1. The van der Waals surface area contributed by atoms with Crippen molar-refractivity contribution in [3.05, 3.63) is 33.6 Å². The Bertz CT molecular complexity index is 595. The van der Waals surface area contributed by atoms with Gasteiger partial charge in [0.05, 0.1) is 29.5 Å². The van der Waals surface area contributed by atoms with E-state index in [1.54, 1.807) is 18.4 Å². The van der Waals surface area contributed by atoms with Crippen molar-refractivity contribution in [3.8, 4) is 0 Å². The van der Waals surface area contributed by atoms with Crippen molar-refractivity contribution in [2.24, 2.45) is 4.99 Å². The first-order valence-corrected chi connectivity index (χ1v) is 7.21. The molecule has 0 aromatic carbocycles. The van der Waals surface area contributed by atoms with E-state index in [-0.39, 0.29) is 24.0 Å². The van der Waals surface area contributed by atoms with Crippen LogP contribution in [0.25, 0.3) is 0 Å². The number of rotatable bonds is 4. The Kier molecular flexibility index (Phi) is 7.09. The van der Waals surface area contributed by atoms with Gasteiger partial charge in [-0.1, -0.05) is 5.16 Å². The molecule has 0 atom stereocenters. The zero-order valence-electron chi connectivity index (χ0n) is 12.6. The minimum Gasteiger partial charge on any atom is -0.359 e. The third-order valence-electron chi connectivity index (χ3n) is 2.74. The lowest BCUT2D eigenvalue weighted by molar-refractivity contribution is 0.373. The molecule has 0 amide bonds. The second-order valence-corrected chi connectivity index (χ2v) is 5.61. The van der Waals surface area contributed by atoms with Crippen LogP contribution in [0.2, 0.25) is 0 Å². The first-order chi connectivity index (χ1) is 9.58. The highest BCUT2D eigenvalue weighted by Gasteiger charge is 2.09. The summed E-state index contributed by atoms with van der Waals surface area (Å²) < 4.78 is 5.16. The van der Waals surface area contributed by atoms with Crippen LogP contribution >= 0.6 is 35.3 Å². The summed E-state index contributed by atoms with van der Waals surface area (Å²) in [6, 6.07) is 1.91. The second-order valence-electron chi connectivity index (χ2n) is 4.55. The van der Waals surface area contributed by atoms with Crippen LogP contribution in [0.5, 0.6) is 0 Å². The summed E-state index contributed by atoms with van der Waals surface area (Å²) in [6.07, 6.45) is 0. The average Bonchev–Trinajstić information content (AvgIpc) is 2.99.